The highest BCUT2D eigenvalue weighted by molar-refractivity contribution is 7.80. The number of aryl methyl sites for hydroxylation is 1. The maximum atomic E-state index is 13.0. The van der Waals surface area contributed by atoms with Gasteiger partial charge in [-0.2, -0.15) is 0 Å². The van der Waals surface area contributed by atoms with Crippen LogP contribution in [0, 0.1) is 12.7 Å². The Bertz CT molecular complexity index is 464. The summed E-state index contributed by atoms with van der Waals surface area (Å²) in [5, 5.41) is 6.86. The quantitative estimate of drug-likeness (QED) is 0.701. The lowest BCUT2D eigenvalue weighted by molar-refractivity contribution is -0.906. The summed E-state index contributed by atoms with van der Waals surface area (Å²) in [6, 6.07) is 4.62. The van der Waals surface area contributed by atoms with E-state index in [2.05, 4.69) is 10.6 Å². The first-order chi connectivity index (χ1) is 9.65. The molecule has 4 nitrogen and oxygen atoms in total. The number of ether oxygens (including phenoxy) is 1. The number of nitrogens with one attached hydrogen (secondary N) is 3. The van der Waals surface area contributed by atoms with Gasteiger partial charge in [-0.3, -0.25) is 0 Å². The predicted molar refractivity (Wildman–Crippen MR) is 81.7 cm³/mol. The van der Waals surface area contributed by atoms with Gasteiger partial charge in [0.2, 0.25) is 0 Å². The Morgan fingerprint density at radius 2 is 2.15 bits per heavy atom. The lowest BCUT2D eigenvalue weighted by atomic mass is 10.2. The third-order valence-corrected chi connectivity index (χ3v) is 3.65. The van der Waals surface area contributed by atoms with Crippen molar-refractivity contribution in [1.29, 1.82) is 0 Å². The molecule has 20 heavy (non-hydrogen) atoms. The van der Waals surface area contributed by atoms with Crippen molar-refractivity contribution in [3.05, 3.63) is 29.6 Å². The fourth-order valence-corrected chi connectivity index (χ4v) is 2.41. The summed E-state index contributed by atoms with van der Waals surface area (Å²) in [4.78, 5) is 1.53. The summed E-state index contributed by atoms with van der Waals surface area (Å²) in [5.41, 5.74) is 1.68. The summed E-state index contributed by atoms with van der Waals surface area (Å²) in [6.45, 7) is 7.48. The second-order valence-corrected chi connectivity index (χ2v) is 5.36. The molecule has 0 spiro atoms. The largest absolute Gasteiger partial charge is 0.370 e. The Morgan fingerprint density at radius 3 is 2.85 bits per heavy atom. The van der Waals surface area contributed by atoms with E-state index in [1.54, 1.807) is 6.07 Å². The van der Waals surface area contributed by atoms with Crippen LogP contribution >= 0.6 is 12.2 Å². The normalized spacial score (nSPS) is 15.9. The van der Waals surface area contributed by atoms with Crippen LogP contribution < -0.4 is 15.5 Å². The first-order valence-corrected chi connectivity index (χ1v) is 7.28. The zero-order valence-corrected chi connectivity index (χ0v) is 12.5. The van der Waals surface area contributed by atoms with Crippen LogP contribution in [0.3, 0.4) is 0 Å². The molecule has 0 aromatic heterocycles. The van der Waals surface area contributed by atoms with E-state index in [1.165, 1.54) is 17.0 Å². The number of morpholine rings is 1. The molecule has 0 radical (unpaired) electrons. The van der Waals surface area contributed by atoms with Gasteiger partial charge in [-0.15, -0.1) is 0 Å². The van der Waals surface area contributed by atoms with Gasteiger partial charge in [-0.05, 0) is 42.9 Å². The first-order valence-electron chi connectivity index (χ1n) is 6.87. The van der Waals surface area contributed by atoms with Gasteiger partial charge in [-0.1, -0.05) is 0 Å². The molecule has 1 aliphatic rings. The Balaban J connectivity index is 1.72. The molecule has 0 atom stereocenters. The van der Waals surface area contributed by atoms with E-state index in [0.29, 0.717) is 5.11 Å². The molecular weight excluding hydrogens is 277 g/mol. The number of rotatable bonds is 4. The molecule has 110 valence electrons. The van der Waals surface area contributed by atoms with E-state index < -0.39 is 0 Å². The molecule has 1 aromatic rings. The van der Waals surface area contributed by atoms with E-state index in [0.717, 1.165) is 50.6 Å². The van der Waals surface area contributed by atoms with Crippen LogP contribution in [0.15, 0.2) is 18.2 Å². The highest BCUT2D eigenvalue weighted by Gasteiger charge is 2.13. The molecule has 0 saturated carbocycles. The summed E-state index contributed by atoms with van der Waals surface area (Å²) in [7, 11) is 0. The van der Waals surface area contributed by atoms with Crippen LogP contribution in [0.25, 0.3) is 0 Å². The molecule has 1 saturated heterocycles. The second kappa shape index (κ2) is 7.52. The van der Waals surface area contributed by atoms with Crippen LogP contribution in [0.5, 0.6) is 0 Å². The van der Waals surface area contributed by atoms with Crippen molar-refractivity contribution in [1.82, 2.24) is 5.32 Å². The van der Waals surface area contributed by atoms with Gasteiger partial charge in [0.25, 0.3) is 0 Å². The number of quaternary nitrogens is 1. The second-order valence-electron chi connectivity index (χ2n) is 4.95. The molecule has 0 aliphatic carbocycles. The standard InChI is InChI=1S/C14H20FN3OS/c1-11-10-12(15)2-3-13(11)17-14(20)16-4-5-18-6-8-19-9-7-18/h2-3,10H,4-9H2,1H3,(H2,16,17,20)/p+1. The summed E-state index contributed by atoms with van der Waals surface area (Å²) in [5.74, 6) is -0.233. The van der Waals surface area contributed by atoms with Crippen LogP contribution in [-0.4, -0.2) is 44.5 Å². The summed E-state index contributed by atoms with van der Waals surface area (Å²) < 4.78 is 18.3. The number of thiocarbonyl (C=S) groups is 1. The molecule has 3 N–H and O–H groups in total. The highest BCUT2D eigenvalue weighted by Crippen LogP contribution is 2.15. The Morgan fingerprint density at radius 1 is 1.40 bits per heavy atom. The Kier molecular flexibility index (Phi) is 5.70. The van der Waals surface area contributed by atoms with Crippen LogP contribution in [-0.2, 0) is 4.74 Å². The third kappa shape index (κ3) is 4.70. The molecule has 0 bridgehead atoms. The van der Waals surface area contributed by atoms with E-state index >= 15 is 0 Å². The van der Waals surface area contributed by atoms with Crippen LogP contribution in [0.4, 0.5) is 10.1 Å². The van der Waals surface area contributed by atoms with Gasteiger partial charge in [0, 0.05) is 5.69 Å². The monoisotopic (exact) mass is 298 g/mol. The smallest absolute Gasteiger partial charge is 0.170 e. The van der Waals surface area contributed by atoms with Crippen molar-refractivity contribution in [3.8, 4) is 0 Å². The minimum Gasteiger partial charge on any atom is -0.370 e. The molecule has 0 unspecified atom stereocenters. The van der Waals surface area contributed by atoms with Gasteiger partial charge < -0.3 is 20.3 Å². The highest BCUT2D eigenvalue weighted by atomic mass is 32.1. The SMILES string of the molecule is Cc1cc(F)ccc1NC(=S)NCC[NH+]1CCOCC1. The number of hydrogen-bond donors (Lipinski definition) is 3. The van der Waals surface area contributed by atoms with Crippen molar-refractivity contribution in [2.75, 3.05) is 44.7 Å². The minimum atomic E-state index is -0.233. The average molecular weight is 298 g/mol. The third-order valence-electron chi connectivity index (χ3n) is 3.40. The lowest BCUT2D eigenvalue weighted by Gasteiger charge is -2.24. The molecule has 0 amide bonds. The molecule has 1 fully saturated rings. The molecule has 1 aliphatic heterocycles. The first kappa shape index (κ1) is 15.2. The van der Waals surface area contributed by atoms with Gasteiger partial charge >= 0.3 is 0 Å². The molecule has 2 rings (SSSR count). The average Bonchev–Trinajstić information content (AvgIpc) is 2.43. The number of anilines is 1. The van der Waals surface area contributed by atoms with Gasteiger partial charge in [-0.25, -0.2) is 4.39 Å². The maximum Gasteiger partial charge on any atom is 0.170 e. The maximum absolute atomic E-state index is 13.0. The molecular formula is C14H21FN3OS+. The zero-order chi connectivity index (χ0) is 14.4. The van der Waals surface area contributed by atoms with Crippen molar-refractivity contribution in [2.24, 2.45) is 0 Å². The van der Waals surface area contributed by atoms with Gasteiger partial charge in [0.1, 0.15) is 18.9 Å². The van der Waals surface area contributed by atoms with E-state index in [1.807, 2.05) is 6.92 Å². The Hall–Kier alpha value is -1.24. The summed E-state index contributed by atoms with van der Waals surface area (Å²) >= 11 is 5.25. The number of benzene rings is 1. The van der Waals surface area contributed by atoms with Crippen molar-refractivity contribution < 1.29 is 14.0 Å². The zero-order valence-electron chi connectivity index (χ0n) is 11.7. The molecule has 6 heteroatoms. The van der Waals surface area contributed by atoms with E-state index in [-0.39, 0.29) is 5.82 Å². The minimum absolute atomic E-state index is 0.233. The van der Waals surface area contributed by atoms with E-state index in [9.17, 15) is 4.39 Å². The van der Waals surface area contributed by atoms with Crippen molar-refractivity contribution in [2.45, 2.75) is 6.92 Å². The molecule has 1 heterocycles. The van der Waals surface area contributed by atoms with Gasteiger partial charge in [0.05, 0.1) is 26.3 Å². The van der Waals surface area contributed by atoms with E-state index in [4.69, 9.17) is 17.0 Å². The predicted octanol–water partition coefficient (Wildman–Crippen LogP) is 0.336. The molecule has 1 aromatic carbocycles. The van der Waals surface area contributed by atoms with Crippen LogP contribution in [0.2, 0.25) is 0 Å². The van der Waals surface area contributed by atoms with Gasteiger partial charge in [0.15, 0.2) is 5.11 Å². The topological polar surface area (TPSA) is 37.7 Å². The number of halogens is 1. The van der Waals surface area contributed by atoms with Crippen molar-refractivity contribution >= 4 is 23.0 Å². The van der Waals surface area contributed by atoms with Crippen molar-refractivity contribution in [3.63, 3.8) is 0 Å². The summed E-state index contributed by atoms with van der Waals surface area (Å²) in [6.07, 6.45) is 0. The fourth-order valence-electron chi connectivity index (χ4n) is 2.20. The number of hydrogen-bond acceptors (Lipinski definition) is 2. The Labute approximate surface area is 124 Å². The van der Waals surface area contributed by atoms with Crippen LogP contribution in [0.1, 0.15) is 5.56 Å². The fraction of sp³-hybridized carbons (Fsp3) is 0.500. The lowest BCUT2D eigenvalue weighted by Crippen LogP contribution is -3.14.